The fourth-order valence-corrected chi connectivity index (χ4v) is 2.80. The quantitative estimate of drug-likeness (QED) is 0.720. The van der Waals surface area contributed by atoms with E-state index in [2.05, 4.69) is 66.8 Å². The Kier molecular flexibility index (Phi) is 8.60. The fourth-order valence-electron chi connectivity index (χ4n) is 1.82. The average molecular weight is 347 g/mol. The molecule has 0 aliphatic rings. The third-order valence-corrected chi connectivity index (χ3v) is 4.27. The zero-order valence-corrected chi connectivity index (χ0v) is 14.4. The molecule has 128 valence electrons. The van der Waals surface area contributed by atoms with Crippen LogP contribution in [0, 0.1) is 0 Å². The van der Waals surface area contributed by atoms with Gasteiger partial charge in [-0.15, -0.1) is 0 Å². The highest BCUT2D eigenvalue weighted by molar-refractivity contribution is 7.99. The van der Waals surface area contributed by atoms with E-state index in [1.165, 1.54) is 15.4 Å². The molecule has 2 aromatic rings. The molecule has 0 radical (unpaired) electrons. The van der Waals surface area contributed by atoms with Crippen LogP contribution in [0.5, 0.6) is 0 Å². The van der Waals surface area contributed by atoms with Gasteiger partial charge in [0.2, 0.25) is 0 Å². The Morgan fingerprint density at radius 1 is 1.00 bits per heavy atom. The molecular formula is C18H21NO4S. The lowest BCUT2D eigenvalue weighted by Crippen LogP contribution is -2.23. The van der Waals surface area contributed by atoms with Crippen LogP contribution in [0.4, 0.5) is 0 Å². The zero-order chi connectivity index (χ0) is 17.9. The summed E-state index contributed by atoms with van der Waals surface area (Å²) in [5, 5.41) is 18.1. The Balaban J connectivity index is 0.000000413. The number of hydrogen-bond donors (Lipinski definition) is 3. The second-order valence-corrected chi connectivity index (χ2v) is 6.14. The molecule has 0 saturated heterocycles. The minimum Gasteiger partial charge on any atom is -0.473 e. The van der Waals surface area contributed by atoms with Gasteiger partial charge in [-0.3, -0.25) is 0 Å². The van der Waals surface area contributed by atoms with E-state index in [0.29, 0.717) is 6.04 Å². The highest BCUT2D eigenvalue weighted by Crippen LogP contribution is 2.30. The number of aliphatic carboxylic acids is 2. The van der Waals surface area contributed by atoms with Gasteiger partial charge in [-0.2, -0.15) is 0 Å². The highest BCUT2D eigenvalue weighted by atomic mass is 32.2. The zero-order valence-electron chi connectivity index (χ0n) is 13.6. The number of carboxylic acid groups (broad SMARTS) is 2. The van der Waals surface area contributed by atoms with Gasteiger partial charge in [0.05, 0.1) is 0 Å². The molecule has 0 heterocycles. The number of nitrogens with one attached hydrogen (secondary N) is 1. The van der Waals surface area contributed by atoms with E-state index in [0.717, 1.165) is 6.42 Å². The van der Waals surface area contributed by atoms with Crippen LogP contribution in [0.3, 0.4) is 0 Å². The van der Waals surface area contributed by atoms with Gasteiger partial charge in [0, 0.05) is 15.8 Å². The van der Waals surface area contributed by atoms with Crippen molar-refractivity contribution in [1.82, 2.24) is 5.32 Å². The van der Waals surface area contributed by atoms with E-state index in [-0.39, 0.29) is 0 Å². The minimum absolute atomic E-state index is 0.502. The molecule has 0 aromatic heterocycles. The summed E-state index contributed by atoms with van der Waals surface area (Å²) in [6.07, 6.45) is 1.06. The van der Waals surface area contributed by atoms with Crippen molar-refractivity contribution in [3.05, 3.63) is 60.2 Å². The molecule has 0 aliphatic carbocycles. The molecule has 0 saturated carbocycles. The molecule has 5 nitrogen and oxygen atoms in total. The third-order valence-electron chi connectivity index (χ3n) is 3.15. The van der Waals surface area contributed by atoms with Crippen molar-refractivity contribution in [1.29, 1.82) is 0 Å². The summed E-state index contributed by atoms with van der Waals surface area (Å²) in [6.45, 7) is 2.21. The van der Waals surface area contributed by atoms with Crippen LogP contribution in [-0.2, 0) is 16.0 Å². The van der Waals surface area contributed by atoms with Crippen molar-refractivity contribution in [3.63, 3.8) is 0 Å². The number of likely N-dealkylation sites (N-methyl/N-ethyl adjacent to an activating group) is 1. The maximum absolute atomic E-state index is 9.10. The SMILES string of the molecule is CNC(C)Cc1ccccc1Sc1ccccc1.O=C(O)C(=O)O. The fraction of sp³-hybridized carbons (Fsp3) is 0.222. The first-order valence-electron chi connectivity index (χ1n) is 7.38. The summed E-state index contributed by atoms with van der Waals surface area (Å²) in [6, 6.07) is 19.7. The molecule has 0 fully saturated rings. The Morgan fingerprint density at radius 3 is 2.08 bits per heavy atom. The van der Waals surface area contributed by atoms with Gasteiger partial charge in [0.15, 0.2) is 0 Å². The van der Waals surface area contributed by atoms with E-state index >= 15 is 0 Å². The Bertz CT molecular complexity index is 649. The Morgan fingerprint density at radius 2 is 1.54 bits per heavy atom. The highest BCUT2D eigenvalue weighted by Gasteiger charge is 2.07. The molecule has 0 spiro atoms. The Hall–Kier alpha value is -2.31. The summed E-state index contributed by atoms with van der Waals surface area (Å²) < 4.78 is 0. The summed E-state index contributed by atoms with van der Waals surface area (Å²) in [7, 11) is 2.01. The lowest BCUT2D eigenvalue weighted by Gasteiger charge is -2.13. The summed E-state index contributed by atoms with van der Waals surface area (Å²) in [4.78, 5) is 20.8. The topological polar surface area (TPSA) is 86.6 Å². The maximum atomic E-state index is 9.10. The molecule has 6 heteroatoms. The van der Waals surface area contributed by atoms with Crippen LogP contribution in [0.2, 0.25) is 0 Å². The van der Waals surface area contributed by atoms with Crippen LogP contribution in [0.1, 0.15) is 12.5 Å². The normalized spacial score (nSPS) is 11.1. The number of carbonyl (C=O) groups is 2. The van der Waals surface area contributed by atoms with Gasteiger partial charge in [0.1, 0.15) is 0 Å². The molecule has 0 bridgehead atoms. The van der Waals surface area contributed by atoms with Crippen LogP contribution >= 0.6 is 11.8 Å². The van der Waals surface area contributed by atoms with Crippen LogP contribution in [0.25, 0.3) is 0 Å². The van der Waals surface area contributed by atoms with E-state index < -0.39 is 11.9 Å². The molecule has 3 N–H and O–H groups in total. The van der Waals surface area contributed by atoms with Gasteiger partial charge in [-0.25, -0.2) is 9.59 Å². The van der Waals surface area contributed by atoms with Gasteiger partial charge >= 0.3 is 11.9 Å². The monoisotopic (exact) mass is 347 g/mol. The van der Waals surface area contributed by atoms with E-state index in [1.54, 1.807) is 0 Å². The van der Waals surface area contributed by atoms with Gasteiger partial charge in [-0.1, -0.05) is 48.2 Å². The molecule has 0 amide bonds. The van der Waals surface area contributed by atoms with Crippen molar-refractivity contribution < 1.29 is 19.8 Å². The third kappa shape index (κ3) is 7.30. The standard InChI is InChI=1S/C16H19NS.C2H2O4/c1-13(17-2)12-14-8-6-7-11-16(14)18-15-9-4-3-5-10-15;3-1(4)2(5)6/h3-11,13,17H,12H2,1-2H3;(H,3,4)(H,5,6). The smallest absolute Gasteiger partial charge is 0.414 e. The number of benzene rings is 2. The largest absolute Gasteiger partial charge is 0.473 e. The molecular weight excluding hydrogens is 326 g/mol. The Labute approximate surface area is 145 Å². The summed E-state index contributed by atoms with van der Waals surface area (Å²) in [5.74, 6) is -3.65. The van der Waals surface area contributed by atoms with Crippen molar-refractivity contribution in [2.75, 3.05) is 7.05 Å². The van der Waals surface area contributed by atoms with Gasteiger partial charge in [0.25, 0.3) is 0 Å². The number of rotatable bonds is 5. The van der Waals surface area contributed by atoms with E-state index in [9.17, 15) is 0 Å². The van der Waals surface area contributed by atoms with Crippen molar-refractivity contribution in [2.24, 2.45) is 0 Å². The molecule has 2 rings (SSSR count). The second kappa shape index (κ2) is 10.5. The lowest BCUT2D eigenvalue weighted by molar-refractivity contribution is -0.159. The molecule has 1 unspecified atom stereocenters. The van der Waals surface area contributed by atoms with Crippen LogP contribution in [0.15, 0.2) is 64.4 Å². The van der Waals surface area contributed by atoms with Crippen molar-refractivity contribution in [2.45, 2.75) is 29.2 Å². The lowest BCUT2D eigenvalue weighted by atomic mass is 10.1. The first-order valence-corrected chi connectivity index (χ1v) is 8.20. The maximum Gasteiger partial charge on any atom is 0.414 e. The second-order valence-electron chi connectivity index (χ2n) is 5.03. The van der Waals surface area contributed by atoms with Gasteiger partial charge < -0.3 is 15.5 Å². The van der Waals surface area contributed by atoms with Crippen LogP contribution in [-0.4, -0.2) is 35.2 Å². The summed E-state index contributed by atoms with van der Waals surface area (Å²) >= 11 is 1.84. The molecule has 2 aromatic carbocycles. The summed E-state index contributed by atoms with van der Waals surface area (Å²) in [5.41, 5.74) is 1.41. The predicted octanol–water partition coefficient (Wildman–Crippen LogP) is 3.14. The van der Waals surface area contributed by atoms with Crippen molar-refractivity contribution >= 4 is 23.7 Å². The molecule has 1 atom stereocenters. The van der Waals surface area contributed by atoms with E-state index in [4.69, 9.17) is 19.8 Å². The van der Waals surface area contributed by atoms with Crippen molar-refractivity contribution in [3.8, 4) is 0 Å². The predicted molar refractivity (Wildman–Crippen MR) is 94.5 cm³/mol. The minimum atomic E-state index is -1.82. The van der Waals surface area contributed by atoms with Crippen LogP contribution < -0.4 is 5.32 Å². The average Bonchev–Trinajstić information content (AvgIpc) is 2.58. The van der Waals surface area contributed by atoms with E-state index in [1.807, 2.05) is 18.8 Å². The van der Waals surface area contributed by atoms with Gasteiger partial charge in [-0.05, 0) is 44.2 Å². The first kappa shape index (κ1) is 19.7. The molecule has 0 aliphatic heterocycles. The first-order chi connectivity index (χ1) is 11.4. The number of hydrogen-bond acceptors (Lipinski definition) is 4. The number of carboxylic acids is 2. The molecule has 24 heavy (non-hydrogen) atoms.